The number of unbranched alkanes of at least 4 members (excludes halogenated alkanes) is 1. The number of aromatic hydroxyl groups is 2. The number of hydrogen-bond acceptors (Lipinski definition) is 5. The van der Waals surface area contributed by atoms with Crippen LogP contribution in [0.4, 0.5) is 0 Å². The fraction of sp³-hybridized carbons (Fsp3) is 0.625. The summed E-state index contributed by atoms with van der Waals surface area (Å²) in [4.78, 5) is 0.120. The molecule has 2 rings (SSSR count). The van der Waals surface area contributed by atoms with Gasteiger partial charge in [0.1, 0.15) is 0 Å². The van der Waals surface area contributed by atoms with E-state index < -0.39 is 21.1 Å². The Labute approximate surface area is 132 Å². The van der Waals surface area contributed by atoms with E-state index in [9.17, 15) is 18.6 Å². The maximum absolute atomic E-state index is 12.8. The quantitative estimate of drug-likeness (QED) is 0.740. The highest BCUT2D eigenvalue weighted by Crippen LogP contribution is 2.39. The van der Waals surface area contributed by atoms with Crippen LogP contribution in [0.3, 0.4) is 0 Å². The lowest BCUT2D eigenvalue weighted by atomic mass is 9.90. The maximum atomic E-state index is 12.8. The zero-order valence-corrected chi connectivity index (χ0v) is 14.2. The van der Waals surface area contributed by atoms with Gasteiger partial charge in [-0.2, -0.15) is 0 Å². The second-order valence-corrected chi connectivity index (χ2v) is 8.20. The molecule has 0 radical (unpaired) electrons. The fourth-order valence-corrected chi connectivity index (χ4v) is 5.44. The number of phenols is 2. The van der Waals surface area contributed by atoms with Crippen LogP contribution in [0.1, 0.15) is 58.1 Å². The van der Waals surface area contributed by atoms with Crippen LogP contribution < -0.4 is 5.32 Å². The molecule has 0 aliphatic carbocycles. The number of nitrogens with one attached hydrogen (secondary N) is 1. The summed E-state index contributed by atoms with van der Waals surface area (Å²) in [5, 5.41) is 22.9. The summed E-state index contributed by atoms with van der Waals surface area (Å²) in [7, 11) is -3.53. The van der Waals surface area contributed by atoms with Gasteiger partial charge in [0.15, 0.2) is 21.3 Å². The number of sulfone groups is 1. The molecule has 3 N–H and O–H groups in total. The summed E-state index contributed by atoms with van der Waals surface area (Å²) in [6, 6.07) is 2.31. The highest BCUT2D eigenvalue weighted by molar-refractivity contribution is 7.91. The molecule has 2 atom stereocenters. The molecule has 6 heteroatoms. The summed E-state index contributed by atoms with van der Waals surface area (Å²) >= 11 is 0. The van der Waals surface area contributed by atoms with Crippen LogP contribution in [0.5, 0.6) is 11.5 Å². The maximum Gasteiger partial charge on any atom is 0.180 e. The van der Waals surface area contributed by atoms with Crippen molar-refractivity contribution >= 4 is 9.84 Å². The first-order valence-electron chi connectivity index (χ1n) is 7.81. The van der Waals surface area contributed by atoms with Crippen LogP contribution >= 0.6 is 0 Å². The minimum absolute atomic E-state index is 0.0120. The molecule has 0 spiro atoms. The van der Waals surface area contributed by atoms with E-state index in [4.69, 9.17) is 0 Å². The molecule has 0 saturated heterocycles. The van der Waals surface area contributed by atoms with Crippen molar-refractivity contribution in [2.24, 2.45) is 0 Å². The molecule has 0 amide bonds. The van der Waals surface area contributed by atoms with Gasteiger partial charge in [-0.05, 0) is 31.4 Å². The molecule has 0 fully saturated rings. The molecule has 5 nitrogen and oxygen atoms in total. The van der Waals surface area contributed by atoms with Gasteiger partial charge in [0, 0.05) is 17.6 Å². The van der Waals surface area contributed by atoms with Gasteiger partial charge in [0.05, 0.1) is 10.6 Å². The van der Waals surface area contributed by atoms with Crippen LogP contribution in [0.2, 0.25) is 0 Å². The van der Waals surface area contributed by atoms with Gasteiger partial charge in [-0.25, -0.2) is 8.42 Å². The molecule has 1 heterocycles. The van der Waals surface area contributed by atoms with Crippen molar-refractivity contribution in [3.8, 4) is 11.5 Å². The van der Waals surface area contributed by atoms with Gasteiger partial charge in [0.25, 0.3) is 0 Å². The SMILES string of the molecule is CCCC[C@]1(CC)CS(=O)(=O)c2cc(O)c(O)cc2[C@@H](C)N1. The molecule has 22 heavy (non-hydrogen) atoms. The van der Waals surface area contributed by atoms with Crippen LogP contribution in [0.15, 0.2) is 17.0 Å². The monoisotopic (exact) mass is 327 g/mol. The highest BCUT2D eigenvalue weighted by Gasteiger charge is 2.40. The van der Waals surface area contributed by atoms with Gasteiger partial charge in [-0.3, -0.25) is 0 Å². The smallest absolute Gasteiger partial charge is 0.180 e. The van der Waals surface area contributed by atoms with Crippen molar-refractivity contribution in [2.45, 2.75) is 62.9 Å². The molecule has 1 aromatic rings. The number of rotatable bonds is 4. The van der Waals surface area contributed by atoms with E-state index in [-0.39, 0.29) is 22.4 Å². The number of fused-ring (bicyclic) bond motifs is 1. The number of phenolic OH excluding ortho intramolecular Hbond substituents is 2. The Kier molecular flexibility index (Phi) is 4.73. The number of hydrogen-bond donors (Lipinski definition) is 3. The Bertz CT molecular complexity index is 656. The van der Waals surface area contributed by atoms with Gasteiger partial charge < -0.3 is 15.5 Å². The van der Waals surface area contributed by atoms with Crippen molar-refractivity contribution in [3.05, 3.63) is 17.7 Å². The van der Waals surface area contributed by atoms with Crippen molar-refractivity contribution in [1.82, 2.24) is 5.32 Å². The largest absolute Gasteiger partial charge is 0.504 e. The van der Waals surface area contributed by atoms with Crippen molar-refractivity contribution < 1.29 is 18.6 Å². The summed E-state index contributed by atoms with van der Waals surface area (Å²) < 4.78 is 25.6. The fourth-order valence-electron chi connectivity index (χ4n) is 3.24. The number of benzene rings is 1. The van der Waals surface area contributed by atoms with E-state index in [0.717, 1.165) is 19.3 Å². The molecule has 1 aliphatic rings. The Morgan fingerprint density at radius 3 is 2.50 bits per heavy atom. The zero-order valence-electron chi connectivity index (χ0n) is 13.4. The Morgan fingerprint density at radius 1 is 1.27 bits per heavy atom. The molecule has 1 aliphatic heterocycles. The van der Waals surface area contributed by atoms with Gasteiger partial charge >= 0.3 is 0 Å². The molecular weight excluding hydrogens is 302 g/mol. The highest BCUT2D eigenvalue weighted by atomic mass is 32.2. The summed E-state index contributed by atoms with van der Waals surface area (Å²) in [5.74, 6) is -0.676. The van der Waals surface area contributed by atoms with E-state index in [1.807, 2.05) is 13.8 Å². The third-order valence-electron chi connectivity index (χ3n) is 4.58. The lowest BCUT2D eigenvalue weighted by Gasteiger charge is -2.34. The van der Waals surface area contributed by atoms with Crippen LogP contribution in [-0.4, -0.2) is 29.9 Å². The summed E-state index contributed by atoms with van der Waals surface area (Å²) in [6.07, 6.45) is 3.46. The normalized spacial score (nSPS) is 27.1. The van der Waals surface area contributed by atoms with Crippen LogP contribution in [0.25, 0.3) is 0 Å². The second-order valence-electron chi connectivity index (χ2n) is 6.24. The first-order valence-corrected chi connectivity index (χ1v) is 9.46. The Morgan fingerprint density at radius 2 is 1.91 bits per heavy atom. The van der Waals surface area contributed by atoms with E-state index in [2.05, 4.69) is 12.2 Å². The molecule has 0 saturated carbocycles. The third-order valence-corrected chi connectivity index (χ3v) is 6.54. The van der Waals surface area contributed by atoms with Crippen LogP contribution in [-0.2, 0) is 9.84 Å². The molecule has 1 aromatic carbocycles. The lowest BCUT2D eigenvalue weighted by molar-refractivity contribution is 0.287. The van der Waals surface area contributed by atoms with Crippen molar-refractivity contribution in [3.63, 3.8) is 0 Å². The zero-order chi connectivity index (χ0) is 16.5. The Balaban J connectivity index is 2.56. The van der Waals surface area contributed by atoms with E-state index in [1.165, 1.54) is 12.1 Å². The average Bonchev–Trinajstić information content (AvgIpc) is 2.53. The van der Waals surface area contributed by atoms with Gasteiger partial charge in [0.2, 0.25) is 0 Å². The minimum atomic E-state index is -3.53. The molecular formula is C16H25NO4S. The lowest BCUT2D eigenvalue weighted by Crippen LogP contribution is -2.49. The summed E-state index contributed by atoms with van der Waals surface area (Å²) in [6.45, 7) is 5.98. The molecule has 0 bridgehead atoms. The average molecular weight is 327 g/mol. The second kappa shape index (κ2) is 6.08. The molecule has 124 valence electrons. The van der Waals surface area contributed by atoms with Gasteiger partial charge in [-0.15, -0.1) is 0 Å². The predicted octanol–water partition coefficient (Wildman–Crippen LogP) is 2.87. The predicted molar refractivity (Wildman–Crippen MR) is 85.9 cm³/mol. The minimum Gasteiger partial charge on any atom is -0.504 e. The first-order chi connectivity index (χ1) is 10.2. The van der Waals surface area contributed by atoms with Gasteiger partial charge in [-0.1, -0.05) is 26.7 Å². The van der Waals surface area contributed by atoms with E-state index in [1.54, 1.807) is 0 Å². The van der Waals surface area contributed by atoms with Crippen molar-refractivity contribution in [1.29, 1.82) is 0 Å². The van der Waals surface area contributed by atoms with E-state index in [0.29, 0.717) is 12.0 Å². The van der Waals surface area contributed by atoms with Crippen LogP contribution in [0, 0.1) is 0 Å². The standard InChI is InChI=1S/C16H25NO4S/c1-4-6-7-16(5-2)10-22(20,21)15-9-14(19)13(18)8-12(15)11(3)17-16/h8-9,11,17-19H,4-7,10H2,1-3H3/t11-,16-/m1/s1. The van der Waals surface area contributed by atoms with Crippen molar-refractivity contribution in [2.75, 3.05) is 5.75 Å². The first kappa shape index (κ1) is 17.1. The Hall–Kier alpha value is -1.27. The summed E-state index contributed by atoms with van der Waals surface area (Å²) in [5.41, 5.74) is 0.0422. The van der Waals surface area contributed by atoms with E-state index >= 15 is 0 Å². The topological polar surface area (TPSA) is 86.6 Å². The molecule has 0 aromatic heterocycles. The molecule has 0 unspecified atom stereocenters. The third kappa shape index (κ3) is 3.08.